The van der Waals surface area contributed by atoms with E-state index >= 15 is 0 Å². The molecule has 1 aromatic heterocycles. The minimum atomic E-state index is 0.274. The van der Waals surface area contributed by atoms with E-state index in [4.69, 9.17) is 4.74 Å². The van der Waals surface area contributed by atoms with E-state index in [1.165, 1.54) is 6.42 Å². The molecule has 0 spiro atoms. The van der Waals surface area contributed by atoms with Crippen molar-refractivity contribution in [1.29, 1.82) is 0 Å². The van der Waals surface area contributed by atoms with E-state index in [9.17, 15) is 0 Å². The first-order valence-electron chi connectivity index (χ1n) is 8.81. The van der Waals surface area contributed by atoms with Crippen molar-refractivity contribution in [3.05, 3.63) is 11.9 Å². The fourth-order valence-electron chi connectivity index (χ4n) is 1.74. The third-order valence-corrected chi connectivity index (χ3v) is 2.71. The van der Waals surface area contributed by atoms with Gasteiger partial charge in [-0.25, -0.2) is 4.68 Å². The molecule has 132 valence electrons. The number of hydrogen-bond donors (Lipinski definition) is 0. The summed E-state index contributed by atoms with van der Waals surface area (Å²) < 4.78 is 7.35. The van der Waals surface area contributed by atoms with E-state index in [0.717, 1.165) is 31.7 Å². The number of aromatic nitrogens is 3. The zero-order valence-corrected chi connectivity index (χ0v) is 16.1. The van der Waals surface area contributed by atoms with E-state index in [-0.39, 0.29) is 6.10 Å². The average molecular weight is 315 g/mol. The molecule has 0 saturated heterocycles. The molecule has 0 amide bonds. The minimum absolute atomic E-state index is 0.274. The van der Waals surface area contributed by atoms with Crippen LogP contribution in [0.1, 0.15) is 60.6 Å². The minimum Gasteiger partial charge on any atom is -0.377 e. The van der Waals surface area contributed by atoms with Crippen LogP contribution in [0.2, 0.25) is 0 Å². The van der Waals surface area contributed by atoms with E-state index < -0.39 is 0 Å². The Morgan fingerprint density at radius 1 is 1.18 bits per heavy atom. The lowest BCUT2D eigenvalue weighted by Gasteiger charge is -2.13. The Kier molecular flexibility index (Phi) is 17.4. The highest BCUT2D eigenvalue weighted by Gasteiger charge is 2.03. The van der Waals surface area contributed by atoms with Gasteiger partial charge in [-0.1, -0.05) is 39.8 Å². The number of hydrogen-bond acceptors (Lipinski definition) is 4. The lowest BCUT2D eigenvalue weighted by atomic mass is 10.3. The van der Waals surface area contributed by atoms with Gasteiger partial charge < -0.3 is 9.64 Å². The Labute approximate surface area is 138 Å². The number of rotatable bonds is 9. The quantitative estimate of drug-likeness (QED) is 0.698. The first-order chi connectivity index (χ1) is 10.6. The van der Waals surface area contributed by atoms with Gasteiger partial charge in [-0.05, 0) is 33.9 Å². The van der Waals surface area contributed by atoms with Gasteiger partial charge >= 0.3 is 0 Å². The van der Waals surface area contributed by atoms with Gasteiger partial charge in [0, 0.05) is 19.2 Å². The molecule has 0 saturated carbocycles. The Hall–Kier alpha value is -0.940. The molecular weight excluding hydrogens is 276 g/mol. The Morgan fingerprint density at radius 2 is 1.82 bits per heavy atom. The summed E-state index contributed by atoms with van der Waals surface area (Å²) in [5, 5.41) is 8.28. The van der Waals surface area contributed by atoms with Crippen LogP contribution in [0.4, 0.5) is 0 Å². The van der Waals surface area contributed by atoms with Crippen molar-refractivity contribution < 1.29 is 4.74 Å². The van der Waals surface area contributed by atoms with Crippen LogP contribution < -0.4 is 0 Å². The molecule has 0 radical (unpaired) electrons. The molecule has 0 unspecified atom stereocenters. The molecule has 0 aromatic carbocycles. The SMILES string of the molecule is CC.CC.CCCN(C)CCc1cn(CCOC(C)C)nn1. The van der Waals surface area contributed by atoms with Crippen LogP contribution in [0.25, 0.3) is 0 Å². The fourth-order valence-corrected chi connectivity index (χ4v) is 1.74. The second-order valence-electron chi connectivity index (χ2n) is 4.95. The first-order valence-corrected chi connectivity index (χ1v) is 8.81. The molecule has 1 heterocycles. The first kappa shape index (κ1) is 23.3. The lowest BCUT2D eigenvalue weighted by Crippen LogP contribution is -2.21. The zero-order chi connectivity index (χ0) is 17.4. The number of nitrogens with zero attached hydrogens (tertiary/aromatic N) is 4. The van der Waals surface area contributed by atoms with Gasteiger partial charge in [0.15, 0.2) is 0 Å². The Balaban J connectivity index is 0. The monoisotopic (exact) mass is 314 g/mol. The van der Waals surface area contributed by atoms with E-state index in [1.54, 1.807) is 0 Å². The summed E-state index contributed by atoms with van der Waals surface area (Å²) in [4.78, 5) is 2.32. The summed E-state index contributed by atoms with van der Waals surface area (Å²) >= 11 is 0. The summed E-state index contributed by atoms with van der Waals surface area (Å²) in [6.07, 6.45) is 4.44. The topological polar surface area (TPSA) is 43.2 Å². The number of likely N-dealkylation sites (N-methyl/N-ethyl adjacent to an activating group) is 1. The third kappa shape index (κ3) is 12.8. The molecule has 0 aliphatic heterocycles. The summed E-state index contributed by atoms with van der Waals surface area (Å²) in [5.41, 5.74) is 1.06. The van der Waals surface area contributed by atoms with Crippen LogP contribution >= 0.6 is 0 Å². The highest BCUT2D eigenvalue weighted by Crippen LogP contribution is 1.98. The molecule has 5 heteroatoms. The normalized spacial score (nSPS) is 10.1. The van der Waals surface area contributed by atoms with Crippen molar-refractivity contribution in [3.63, 3.8) is 0 Å². The maximum Gasteiger partial charge on any atom is 0.0839 e. The van der Waals surface area contributed by atoms with Gasteiger partial charge in [-0.2, -0.15) is 0 Å². The molecular formula is C17H38N4O. The molecule has 0 aliphatic carbocycles. The Bertz CT molecular complexity index is 326. The van der Waals surface area contributed by atoms with Crippen LogP contribution in [0, 0.1) is 0 Å². The van der Waals surface area contributed by atoms with Crippen molar-refractivity contribution in [2.75, 3.05) is 26.7 Å². The smallest absolute Gasteiger partial charge is 0.0839 e. The van der Waals surface area contributed by atoms with Crippen LogP contribution in [-0.2, 0) is 17.7 Å². The van der Waals surface area contributed by atoms with Crippen LogP contribution in [-0.4, -0.2) is 52.7 Å². The average Bonchev–Trinajstić information content (AvgIpc) is 2.97. The predicted molar refractivity (Wildman–Crippen MR) is 95.3 cm³/mol. The highest BCUT2D eigenvalue weighted by molar-refractivity contribution is 4.92. The molecule has 1 aromatic rings. The van der Waals surface area contributed by atoms with Gasteiger partial charge in [0.25, 0.3) is 0 Å². The van der Waals surface area contributed by atoms with Crippen molar-refractivity contribution in [1.82, 2.24) is 19.9 Å². The molecule has 0 bridgehead atoms. The molecule has 0 N–H and O–H groups in total. The third-order valence-electron chi connectivity index (χ3n) is 2.71. The maximum absolute atomic E-state index is 5.49. The molecule has 0 atom stereocenters. The van der Waals surface area contributed by atoms with Crippen molar-refractivity contribution >= 4 is 0 Å². The molecule has 1 rings (SSSR count). The fraction of sp³-hybridized carbons (Fsp3) is 0.882. The van der Waals surface area contributed by atoms with Gasteiger partial charge in [0.2, 0.25) is 0 Å². The summed E-state index contributed by atoms with van der Waals surface area (Å²) in [6.45, 7) is 17.9. The van der Waals surface area contributed by atoms with Gasteiger partial charge in [0.1, 0.15) is 0 Å². The van der Waals surface area contributed by atoms with Gasteiger partial charge in [-0.15, -0.1) is 5.10 Å². The standard InChI is InChI=1S/C13H26N4O.2C2H6/c1-5-7-16(4)8-6-13-11-17(15-14-13)9-10-18-12(2)3;2*1-2/h11-12H,5-10H2,1-4H3;2*1-2H3. The van der Waals surface area contributed by atoms with E-state index in [0.29, 0.717) is 6.61 Å². The van der Waals surface area contributed by atoms with Crippen LogP contribution in [0.3, 0.4) is 0 Å². The predicted octanol–water partition coefficient (Wildman–Crippen LogP) is 3.64. The van der Waals surface area contributed by atoms with E-state index in [2.05, 4.69) is 29.2 Å². The molecule has 0 fully saturated rings. The van der Waals surface area contributed by atoms with E-state index in [1.807, 2.05) is 52.4 Å². The maximum atomic E-state index is 5.49. The van der Waals surface area contributed by atoms with Crippen molar-refractivity contribution in [2.24, 2.45) is 0 Å². The molecule has 22 heavy (non-hydrogen) atoms. The highest BCUT2D eigenvalue weighted by atomic mass is 16.5. The van der Waals surface area contributed by atoms with Gasteiger partial charge in [0.05, 0.1) is 24.9 Å². The van der Waals surface area contributed by atoms with Crippen molar-refractivity contribution in [2.45, 2.75) is 74.0 Å². The molecule has 0 aliphatic rings. The molecule has 5 nitrogen and oxygen atoms in total. The van der Waals surface area contributed by atoms with Crippen LogP contribution in [0.5, 0.6) is 0 Å². The summed E-state index contributed by atoms with van der Waals surface area (Å²) in [7, 11) is 2.14. The summed E-state index contributed by atoms with van der Waals surface area (Å²) in [5.74, 6) is 0. The van der Waals surface area contributed by atoms with Crippen LogP contribution in [0.15, 0.2) is 6.20 Å². The second kappa shape index (κ2) is 16.4. The second-order valence-corrected chi connectivity index (χ2v) is 4.95. The number of ether oxygens (including phenoxy) is 1. The van der Waals surface area contributed by atoms with Crippen molar-refractivity contribution in [3.8, 4) is 0 Å². The van der Waals surface area contributed by atoms with Gasteiger partial charge in [-0.3, -0.25) is 0 Å². The largest absolute Gasteiger partial charge is 0.377 e. The lowest BCUT2D eigenvalue weighted by molar-refractivity contribution is 0.0707. The summed E-state index contributed by atoms with van der Waals surface area (Å²) in [6, 6.07) is 0. The Morgan fingerprint density at radius 3 is 2.36 bits per heavy atom. The zero-order valence-electron chi connectivity index (χ0n) is 16.1.